The van der Waals surface area contributed by atoms with Crippen LogP contribution in [-0.4, -0.2) is 30.4 Å². The fraction of sp³-hybridized carbons (Fsp3) is 0.286. The number of hydrogen-bond donors (Lipinski definition) is 1. The lowest BCUT2D eigenvalue weighted by Crippen LogP contribution is -2.12. The number of nitrogen functional groups attached to an aromatic ring is 1. The van der Waals surface area contributed by atoms with Gasteiger partial charge in [0.2, 0.25) is 5.95 Å². The van der Waals surface area contributed by atoms with E-state index in [2.05, 4.69) is 20.3 Å². The first kappa shape index (κ1) is 7.78. The summed E-state index contributed by atoms with van der Waals surface area (Å²) in [5, 5.41) is 3.95. The van der Waals surface area contributed by atoms with E-state index in [1.54, 1.807) is 0 Å². The number of nitrogens with zero attached hydrogens (tertiary/aromatic N) is 5. The predicted molar refractivity (Wildman–Crippen MR) is 50.7 cm³/mol. The van der Waals surface area contributed by atoms with E-state index in [0.29, 0.717) is 17.3 Å². The third-order valence-corrected chi connectivity index (χ3v) is 1.65. The van der Waals surface area contributed by atoms with Gasteiger partial charge in [-0.25, -0.2) is 10.3 Å². The molecule has 1 aromatic rings. The molecule has 0 amide bonds. The van der Waals surface area contributed by atoms with E-state index in [4.69, 9.17) is 5.73 Å². The summed E-state index contributed by atoms with van der Waals surface area (Å²) in [5.41, 5.74) is 6.18. The summed E-state index contributed by atoms with van der Waals surface area (Å²) >= 11 is 0. The first-order valence-corrected chi connectivity index (χ1v) is 3.76. The van der Waals surface area contributed by atoms with Crippen molar-refractivity contribution >= 4 is 29.6 Å². The van der Waals surface area contributed by atoms with Crippen molar-refractivity contribution in [2.75, 3.05) is 24.7 Å². The van der Waals surface area contributed by atoms with Gasteiger partial charge in [0.05, 0.1) is 0 Å². The van der Waals surface area contributed by atoms with Gasteiger partial charge in [0, 0.05) is 14.1 Å². The topological polar surface area (TPSA) is 81.5 Å². The lowest BCUT2D eigenvalue weighted by Gasteiger charge is -2.13. The molecule has 0 spiro atoms. The van der Waals surface area contributed by atoms with E-state index in [1.807, 2.05) is 19.0 Å². The Kier molecular flexibility index (Phi) is 1.54. The highest BCUT2D eigenvalue weighted by Crippen LogP contribution is 2.34. The summed E-state index contributed by atoms with van der Waals surface area (Å²) in [5.74, 6) is 1.45. The quantitative estimate of drug-likeness (QED) is 0.656. The van der Waals surface area contributed by atoms with Crippen LogP contribution >= 0.6 is 0 Å². The Labute approximate surface area is 75.5 Å². The molecule has 0 atom stereocenters. The van der Waals surface area contributed by atoms with Crippen LogP contribution in [-0.2, 0) is 0 Å². The third-order valence-electron chi connectivity index (χ3n) is 1.65. The molecule has 2 N–H and O–H groups in total. The molecule has 0 unspecified atom stereocenters. The van der Waals surface area contributed by atoms with Gasteiger partial charge in [-0.1, -0.05) is 0 Å². The van der Waals surface area contributed by atoms with Crippen LogP contribution in [0.4, 0.5) is 23.3 Å². The summed E-state index contributed by atoms with van der Waals surface area (Å²) in [6, 6.07) is 0. The first-order chi connectivity index (χ1) is 6.18. The van der Waals surface area contributed by atoms with Gasteiger partial charge in [-0.2, -0.15) is 9.97 Å². The van der Waals surface area contributed by atoms with Gasteiger partial charge in [0.25, 0.3) is 0 Å². The van der Waals surface area contributed by atoms with Crippen molar-refractivity contribution in [3.05, 3.63) is 0 Å². The van der Waals surface area contributed by atoms with Crippen LogP contribution in [0.2, 0.25) is 0 Å². The predicted octanol–water partition coefficient (Wildman–Crippen LogP) is 0.0341. The van der Waals surface area contributed by atoms with Crippen molar-refractivity contribution in [1.29, 1.82) is 0 Å². The van der Waals surface area contributed by atoms with E-state index in [1.165, 1.54) is 6.34 Å². The number of anilines is 2. The van der Waals surface area contributed by atoms with Gasteiger partial charge in [-0.05, 0) is 0 Å². The lowest BCUT2D eigenvalue weighted by atomic mass is 10.4. The monoisotopic (exact) mass is 177 g/mol. The summed E-state index contributed by atoms with van der Waals surface area (Å²) < 4.78 is 0. The zero-order chi connectivity index (χ0) is 9.42. The van der Waals surface area contributed by atoms with Crippen molar-refractivity contribution in [3.63, 3.8) is 0 Å². The molecule has 0 saturated carbocycles. The molecule has 0 saturated heterocycles. The summed E-state index contributed by atoms with van der Waals surface area (Å²) in [4.78, 5) is 13.9. The third kappa shape index (κ3) is 1.16. The van der Waals surface area contributed by atoms with Gasteiger partial charge in [-0.3, -0.25) is 0 Å². The van der Waals surface area contributed by atoms with Crippen molar-refractivity contribution in [3.8, 4) is 0 Å². The van der Waals surface area contributed by atoms with Crippen LogP contribution in [0.3, 0.4) is 0 Å². The molecule has 1 aliphatic heterocycles. The van der Waals surface area contributed by atoms with Crippen molar-refractivity contribution in [1.82, 2.24) is 15.3 Å². The summed E-state index contributed by atoms with van der Waals surface area (Å²) in [7, 11) is 3.74. The van der Waals surface area contributed by atoms with E-state index in [9.17, 15) is 0 Å². The molecule has 0 bridgehead atoms. The molecule has 0 aliphatic carbocycles. The highest BCUT2D eigenvalue weighted by Gasteiger charge is 2.17. The average molecular weight is 177 g/mol. The van der Waals surface area contributed by atoms with Crippen LogP contribution in [0.15, 0.2) is 4.99 Å². The normalized spacial score (nSPS) is 12.5. The van der Waals surface area contributed by atoms with E-state index in [0.717, 1.165) is 0 Å². The zero-order valence-corrected chi connectivity index (χ0v) is 7.39. The molecular formula is C7H9N6. The Morgan fingerprint density at radius 3 is 2.77 bits per heavy atom. The fourth-order valence-corrected chi connectivity index (χ4v) is 1.11. The van der Waals surface area contributed by atoms with E-state index >= 15 is 0 Å². The Morgan fingerprint density at radius 2 is 2.08 bits per heavy atom. The number of rotatable bonds is 1. The minimum absolute atomic E-state index is 0.219. The molecule has 6 heteroatoms. The molecule has 1 aromatic heterocycles. The highest BCUT2D eigenvalue weighted by molar-refractivity contribution is 5.86. The second-order valence-electron chi connectivity index (χ2n) is 2.85. The number of hydrogen-bond acceptors (Lipinski definition) is 5. The molecular weight excluding hydrogens is 168 g/mol. The minimum atomic E-state index is 0.219. The number of fused-ring (bicyclic) bond motifs is 1. The molecule has 1 radical (unpaired) electrons. The van der Waals surface area contributed by atoms with Gasteiger partial charge in [0.1, 0.15) is 6.34 Å². The molecule has 67 valence electrons. The lowest BCUT2D eigenvalue weighted by molar-refractivity contribution is 1.04. The van der Waals surface area contributed by atoms with Gasteiger partial charge in [0.15, 0.2) is 17.3 Å². The molecule has 13 heavy (non-hydrogen) atoms. The second-order valence-corrected chi connectivity index (χ2v) is 2.85. The van der Waals surface area contributed by atoms with Gasteiger partial charge >= 0.3 is 0 Å². The second kappa shape index (κ2) is 2.58. The Morgan fingerprint density at radius 1 is 1.31 bits per heavy atom. The Hall–Kier alpha value is -1.85. The molecule has 0 fully saturated rings. The molecule has 6 nitrogen and oxygen atoms in total. The van der Waals surface area contributed by atoms with E-state index in [-0.39, 0.29) is 5.95 Å². The average Bonchev–Trinajstić information content (AvgIpc) is 2.49. The van der Waals surface area contributed by atoms with Crippen LogP contribution < -0.4 is 16.0 Å². The molecule has 1 aliphatic rings. The van der Waals surface area contributed by atoms with Crippen molar-refractivity contribution in [2.24, 2.45) is 4.99 Å². The largest absolute Gasteiger partial charge is 0.368 e. The molecule has 0 aromatic carbocycles. The summed E-state index contributed by atoms with van der Waals surface area (Å²) in [6.07, 6.45) is 1.45. The van der Waals surface area contributed by atoms with Crippen LogP contribution in [0.5, 0.6) is 0 Å². The Bertz CT molecular complexity index is 369. The highest BCUT2D eigenvalue weighted by atomic mass is 15.2. The Balaban J connectivity index is 2.60. The fourth-order valence-electron chi connectivity index (χ4n) is 1.11. The van der Waals surface area contributed by atoms with Crippen LogP contribution in [0.1, 0.15) is 0 Å². The first-order valence-electron chi connectivity index (χ1n) is 3.76. The maximum Gasteiger partial charge on any atom is 0.224 e. The van der Waals surface area contributed by atoms with E-state index < -0.39 is 0 Å². The van der Waals surface area contributed by atoms with Crippen molar-refractivity contribution < 1.29 is 0 Å². The number of aliphatic imine (C=N–C) groups is 1. The smallest absolute Gasteiger partial charge is 0.224 e. The maximum atomic E-state index is 5.50. The van der Waals surface area contributed by atoms with Crippen LogP contribution in [0, 0.1) is 0 Å². The van der Waals surface area contributed by atoms with Crippen molar-refractivity contribution in [2.45, 2.75) is 0 Å². The number of aromatic nitrogens is 2. The molecule has 2 rings (SSSR count). The molecule has 2 heterocycles. The van der Waals surface area contributed by atoms with Gasteiger partial charge < -0.3 is 10.6 Å². The zero-order valence-electron chi connectivity index (χ0n) is 7.39. The minimum Gasteiger partial charge on any atom is -0.368 e. The van der Waals surface area contributed by atoms with Crippen LogP contribution in [0.25, 0.3) is 0 Å². The standard InChI is InChI=1S/C7H9N6/c1-13(2)6-4-5(10-3-9-4)11-7(8)12-6/h3H,1-2H3,(H2,8,11,12). The number of nitrogens with two attached hydrogens (primary N) is 1. The SMILES string of the molecule is CN(C)c1nc(N)nc2c1N=C[N]2. The van der Waals surface area contributed by atoms with Gasteiger partial charge in [-0.15, -0.1) is 0 Å². The maximum absolute atomic E-state index is 5.50. The summed E-state index contributed by atoms with van der Waals surface area (Å²) in [6.45, 7) is 0.